The van der Waals surface area contributed by atoms with Crippen LogP contribution in [0.5, 0.6) is 0 Å². The lowest BCUT2D eigenvalue weighted by molar-refractivity contribution is 0.222. The average molecular weight is 297 g/mol. The largest absolute Gasteiger partial charge is 0.329 e. The van der Waals surface area contributed by atoms with E-state index >= 15 is 0 Å². The average Bonchev–Trinajstić information content (AvgIpc) is 2.45. The molecule has 0 fully saturated rings. The van der Waals surface area contributed by atoms with Crippen molar-refractivity contribution in [1.82, 2.24) is 4.90 Å². The molecule has 1 unspecified atom stereocenters. The Balaban J connectivity index is 2.34. The topological polar surface area (TPSA) is 29.3 Å². The highest BCUT2D eigenvalue weighted by Gasteiger charge is 2.12. The van der Waals surface area contributed by atoms with Crippen LogP contribution >= 0.6 is 11.6 Å². The summed E-state index contributed by atoms with van der Waals surface area (Å²) >= 11 is 5.91. The van der Waals surface area contributed by atoms with Crippen molar-refractivity contribution < 1.29 is 0 Å². The Morgan fingerprint density at radius 3 is 2.35 bits per heavy atom. The van der Waals surface area contributed by atoms with Gasteiger partial charge in [-0.05, 0) is 31.2 Å². The number of nitrogens with two attached hydrogens (primary N) is 1. The fraction of sp³-hybridized carbons (Fsp3) is 0.647. The lowest BCUT2D eigenvalue weighted by Gasteiger charge is -2.27. The summed E-state index contributed by atoms with van der Waals surface area (Å²) in [5, 5.41) is 0.794. The van der Waals surface area contributed by atoms with Gasteiger partial charge in [0.2, 0.25) is 0 Å². The molecule has 114 valence electrons. The summed E-state index contributed by atoms with van der Waals surface area (Å²) in [7, 11) is 2.16. The van der Waals surface area contributed by atoms with E-state index in [1.807, 2.05) is 12.1 Å². The zero-order valence-corrected chi connectivity index (χ0v) is 13.7. The molecule has 0 radical (unpaired) electrons. The van der Waals surface area contributed by atoms with Crippen LogP contribution in [-0.2, 0) is 6.54 Å². The van der Waals surface area contributed by atoms with Crippen molar-refractivity contribution in [3.63, 3.8) is 0 Å². The number of unbranched alkanes of at least 4 members (excludes halogenated alkanes) is 4. The minimum absolute atomic E-state index is 0.479. The molecular formula is C17H29ClN2. The quantitative estimate of drug-likeness (QED) is 0.646. The molecule has 1 atom stereocenters. The predicted molar refractivity (Wildman–Crippen MR) is 89.1 cm³/mol. The Labute approximate surface area is 129 Å². The normalized spacial score (nSPS) is 12.8. The molecule has 3 heteroatoms. The lowest BCUT2D eigenvalue weighted by atomic mass is 10.0. The number of benzene rings is 1. The van der Waals surface area contributed by atoms with Gasteiger partial charge in [-0.1, -0.05) is 62.8 Å². The first kappa shape index (κ1) is 17.5. The van der Waals surface area contributed by atoms with E-state index in [-0.39, 0.29) is 0 Å². The smallest absolute Gasteiger partial charge is 0.0406 e. The molecule has 0 aliphatic carbocycles. The summed E-state index contributed by atoms with van der Waals surface area (Å²) in [4.78, 5) is 2.36. The van der Waals surface area contributed by atoms with Gasteiger partial charge in [0.15, 0.2) is 0 Å². The summed E-state index contributed by atoms with van der Waals surface area (Å²) in [5.41, 5.74) is 7.22. The van der Waals surface area contributed by atoms with Gasteiger partial charge in [-0.2, -0.15) is 0 Å². The van der Waals surface area contributed by atoms with Crippen LogP contribution < -0.4 is 5.73 Å². The minimum atomic E-state index is 0.479. The first-order valence-electron chi connectivity index (χ1n) is 7.82. The molecule has 0 spiro atoms. The highest BCUT2D eigenvalue weighted by molar-refractivity contribution is 6.30. The Morgan fingerprint density at radius 2 is 1.75 bits per heavy atom. The van der Waals surface area contributed by atoms with Crippen LogP contribution in [0.4, 0.5) is 0 Å². The molecule has 0 bridgehead atoms. The maximum Gasteiger partial charge on any atom is 0.0406 e. The van der Waals surface area contributed by atoms with Crippen molar-refractivity contribution in [2.24, 2.45) is 5.73 Å². The van der Waals surface area contributed by atoms with Crippen molar-refractivity contribution in [2.45, 2.75) is 58.0 Å². The first-order valence-corrected chi connectivity index (χ1v) is 8.20. The highest BCUT2D eigenvalue weighted by Crippen LogP contribution is 2.15. The number of hydrogen-bond acceptors (Lipinski definition) is 2. The Morgan fingerprint density at radius 1 is 1.10 bits per heavy atom. The molecule has 1 rings (SSSR count). The highest BCUT2D eigenvalue weighted by atomic mass is 35.5. The van der Waals surface area contributed by atoms with Gasteiger partial charge in [0, 0.05) is 24.2 Å². The van der Waals surface area contributed by atoms with E-state index in [2.05, 4.69) is 31.0 Å². The Kier molecular flexibility index (Phi) is 8.92. The molecule has 0 aromatic heterocycles. The van der Waals surface area contributed by atoms with Crippen LogP contribution in [-0.4, -0.2) is 24.5 Å². The standard InChI is InChI=1S/C17H29ClN2/c1-3-4-5-6-7-8-17(13-19)20(2)14-15-9-11-16(18)12-10-15/h9-12,17H,3-8,13-14,19H2,1-2H3. The molecular weight excluding hydrogens is 268 g/mol. The monoisotopic (exact) mass is 296 g/mol. The van der Waals surface area contributed by atoms with Gasteiger partial charge >= 0.3 is 0 Å². The van der Waals surface area contributed by atoms with Gasteiger partial charge in [-0.25, -0.2) is 0 Å². The van der Waals surface area contributed by atoms with Crippen molar-refractivity contribution in [3.8, 4) is 0 Å². The van der Waals surface area contributed by atoms with E-state index < -0.39 is 0 Å². The zero-order chi connectivity index (χ0) is 14.8. The lowest BCUT2D eigenvalue weighted by Crippen LogP contribution is -2.37. The molecule has 0 saturated heterocycles. The van der Waals surface area contributed by atoms with E-state index in [4.69, 9.17) is 17.3 Å². The van der Waals surface area contributed by atoms with Gasteiger partial charge in [0.25, 0.3) is 0 Å². The molecule has 1 aromatic rings. The van der Waals surface area contributed by atoms with Gasteiger partial charge in [0.1, 0.15) is 0 Å². The first-order chi connectivity index (χ1) is 9.67. The number of hydrogen-bond donors (Lipinski definition) is 1. The third-order valence-corrected chi connectivity index (χ3v) is 4.13. The second kappa shape index (κ2) is 10.2. The van der Waals surface area contributed by atoms with Gasteiger partial charge in [-0.3, -0.25) is 4.90 Å². The van der Waals surface area contributed by atoms with Crippen molar-refractivity contribution in [3.05, 3.63) is 34.9 Å². The molecule has 1 aromatic carbocycles. The van der Waals surface area contributed by atoms with E-state index in [9.17, 15) is 0 Å². The van der Waals surface area contributed by atoms with Crippen LogP contribution in [0.1, 0.15) is 51.0 Å². The summed E-state index contributed by atoms with van der Waals surface area (Å²) in [6.45, 7) is 3.93. The van der Waals surface area contributed by atoms with Crippen molar-refractivity contribution in [2.75, 3.05) is 13.6 Å². The third-order valence-electron chi connectivity index (χ3n) is 3.88. The van der Waals surface area contributed by atoms with Gasteiger partial charge in [0.05, 0.1) is 0 Å². The molecule has 20 heavy (non-hydrogen) atoms. The summed E-state index contributed by atoms with van der Waals surface area (Å²) in [5.74, 6) is 0. The van der Waals surface area contributed by atoms with Gasteiger partial charge < -0.3 is 5.73 Å². The predicted octanol–water partition coefficient (Wildman–Crippen LogP) is 4.46. The number of nitrogens with zero attached hydrogens (tertiary/aromatic N) is 1. The Bertz CT molecular complexity index is 351. The van der Waals surface area contributed by atoms with Crippen LogP contribution in [0.2, 0.25) is 5.02 Å². The maximum atomic E-state index is 5.93. The fourth-order valence-electron chi connectivity index (χ4n) is 2.51. The van der Waals surface area contributed by atoms with E-state index in [0.717, 1.165) is 18.1 Å². The van der Waals surface area contributed by atoms with Crippen molar-refractivity contribution >= 4 is 11.6 Å². The van der Waals surface area contributed by atoms with Crippen LogP contribution in [0.15, 0.2) is 24.3 Å². The summed E-state index contributed by atoms with van der Waals surface area (Å²) < 4.78 is 0. The SMILES string of the molecule is CCCCCCCC(CN)N(C)Cc1ccc(Cl)cc1. The number of rotatable bonds is 10. The summed E-state index contributed by atoms with van der Waals surface area (Å²) in [6.07, 6.45) is 7.83. The second-order valence-corrected chi connectivity index (χ2v) is 6.07. The second-order valence-electron chi connectivity index (χ2n) is 5.63. The molecule has 2 nitrogen and oxygen atoms in total. The molecule has 0 amide bonds. The minimum Gasteiger partial charge on any atom is -0.329 e. The van der Waals surface area contributed by atoms with E-state index in [1.54, 1.807) is 0 Å². The number of halogens is 1. The van der Waals surface area contributed by atoms with E-state index in [1.165, 1.54) is 44.1 Å². The van der Waals surface area contributed by atoms with Crippen molar-refractivity contribution in [1.29, 1.82) is 0 Å². The third kappa shape index (κ3) is 6.74. The summed E-state index contributed by atoms with van der Waals surface area (Å²) in [6, 6.07) is 8.56. The van der Waals surface area contributed by atoms with Crippen LogP contribution in [0.25, 0.3) is 0 Å². The number of likely N-dealkylation sites (N-methyl/N-ethyl adjacent to an activating group) is 1. The molecule has 0 saturated carbocycles. The zero-order valence-electron chi connectivity index (χ0n) is 12.9. The van der Waals surface area contributed by atoms with Crippen LogP contribution in [0.3, 0.4) is 0 Å². The molecule has 0 heterocycles. The Hall–Kier alpha value is -0.570. The molecule has 2 N–H and O–H groups in total. The molecule has 0 aliphatic heterocycles. The van der Waals surface area contributed by atoms with Crippen LogP contribution in [0, 0.1) is 0 Å². The fourth-order valence-corrected chi connectivity index (χ4v) is 2.63. The van der Waals surface area contributed by atoms with E-state index in [0.29, 0.717) is 6.04 Å². The van der Waals surface area contributed by atoms with Gasteiger partial charge in [-0.15, -0.1) is 0 Å². The maximum absolute atomic E-state index is 5.93. The molecule has 0 aliphatic rings.